The second-order valence-electron chi connectivity index (χ2n) is 9.07. The Hall–Kier alpha value is -0.730. The molecule has 3 heteroatoms. The van der Waals surface area contributed by atoms with Crippen molar-refractivity contribution in [1.29, 1.82) is 0 Å². The summed E-state index contributed by atoms with van der Waals surface area (Å²) >= 11 is 0. The number of nitrogens with zero attached hydrogens (tertiary/aromatic N) is 1. The maximum Gasteiger partial charge on any atom is 0.139 e. The molecular weight excluding hydrogens is 274 g/mol. The summed E-state index contributed by atoms with van der Waals surface area (Å²) in [5.41, 5.74) is 0.249. The highest BCUT2D eigenvalue weighted by molar-refractivity contribution is 5.87. The van der Waals surface area contributed by atoms with E-state index < -0.39 is 0 Å². The number of Topliss-reactive ketones (excluding diaryl/α,β-unsaturated/α-hetero) is 1. The molecule has 4 aliphatic rings. The number of carbonyl (C=O) groups excluding carboxylic acids is 1. The van der Waals surface area contributed by atoms with Crippen molar-refractivity contribution in [3.63, 3.8) is 0 Å². The summed E-state index contributed by atoms with van der Waals surface area (Å²) in [6.45, 7) is 4.68. The predicted molar refractivity (Wildman–Crippen MR) is 86.3 cm³/mol. The number of hydrogen-bond acceptors (Lipinski definition) is 3. The highest BCUT2D eigenvalue weighted by Gasteiger charge is 2.62. The van der Waals surface area contributed by atoms with Gasteiger partial charge in [0.1, 0.15) is 5.78 Å². The van der Waals surface area contributed by atoms with Crippen molar-refractivity contribution in [3.8, 4) is 0 Å². The van der Waals surface area contributed by atoms with Gasteiger partial charge in [-0.2, -0.15) is 4.91 Å². The maximum absolute atomic E-state index is 12.5. The van der Waals surface area contributed by atoms with Crippen LogP contribution in [-0.4, -0.2) is 11.8 Å². The maximum atomic E-state index is 12.5. The second-order valence-corrected chi connectivity index (χ2v) is 9.07. The first-order valence-electron chi connectivity index (χ1n) is 9.36. The van der Waals surface area contributed by atoms with Crippen LogP contribution in [0.25, 0.3) is 0 Å². The predicted octanol–water partition coefficient (Wildman–Crippen LogP) is 4.73. The minimum atomic E-state index is -0.151. The van der Waals surface area contributed by atoms with Crippen LogP contribution in [0.1, 0.15) is 71.6 Å². The Morgan fingerprint density at radius 1 is 1.05 bits per heavy atom. The lowest BCUT2D eigenvalue weighted by Crippen LogP contribution is -2.57. The molecule has 0 aromatic carbocycles. The van der Waals surface area contributed by atoms with Crippen molar-refractivity contribution in [2.24, 2.45) is 39.7 Å². The van der Waals surface area contributed by atoms with Crippen LogP contribution in [0.4, 0.5) is 0 Å². The van der Waals surface area contributed by atoms with Gasteiger partial charge in [0.2, 0.25) is 0 Å². The molecule has 0 aromatic rings. The van der Waals surface area contributed by atoms with Crippen molar-refractivity contribution < 1.29 is 4.79 Å². The van der Waals surface area contributed by atoms with Crippen molar-refractivity contribution in [2.45, 2.75) is 77.7 Å². The smallest absolute Gasteiger partial charge is 0.139 e. The Labute approximate surface area is 133 Å². The van der Waals surface area contributed by atoms with Crippen LogP contribution in [0.15, 0.2) is 5.18 Å². The van der Waals surface area contributed by atoms with Crippen LogP contribution >= 0.6 is 0 Å². The van der Waals surface area contributed by atoms with Gasteiger partial charge in [-0.1, -0.05) is 31.9 Å². The zero-order valence-electron chi connectivity index (χ0n) is 14.0. The third kappa shape index (κ3) is 1.77. The quantitative estimate of drug-likeness (QED) is 0.657. The zero-order valence-corrected chi connectivity index (χ0v) is 14.0. The lowest BCUT2D eigenvalue weighted by Gasteiger charge is -2.60. The fourth-order valence-corrected chi connectivity index (χ4v) is 7.14. The molecule has 7 atom stereocenters. The largest absolute Gasteiger partial charge is 0.299 e. The van der Waals surface area contributed by atoms with Gasteiger partial charge in [-0.05, 0) is 67.6 Å². The molecule has 0 aromatic heterocycles. The van der Waals surface area contributed by atoms with Crippen LogP contribution in [0, 0.1) is 39.4 Å². The molecule has 0 N–H and O–H groups in total. The van der Waals surface area contributed by atoms with Gasteiger partial charge < -0.3 is 0 Å². The first-order chi connectivity index (χ1) is 10.5. The van der Waals surface area contributed by atoms with Gasteiger partial charge in [-0.15, -0.1) is 0 Å². The first-order valence-corrected chi connectivity index (χ1v) is 9.36. The molecule has 0 bridgehead atoms. The molecule has 0 amide bonds. The Morgan fingerprint density at radius 3 is 2.64 bits per heavy atom. The molecular formula is C19H29NO2. The van der Waals surface area contributed by atoms with Crippen LogP contribution in [0.3, 0.4) is 0 Å². The molecule has 4 saturated carbocycles. The molecule has 4 fully saturated rings. The van der Waals surface area contributed by atoms with Gasteiger partial charge >= 0.3 is 0 Å². The summed E-state index contributed by atoms with van der Waals surface area (Å²) in [6.07, 6.45) is 10.2. The summed E-state index contributed by atoms with van der Waals surface area (Å²) in [7, 11) is 0. The summed E-state index contributed by atoms with van der Waals surface area (Å²) < 4.78 is 0. The van der Waals surface area contributed by atoms with Crippen LogP contribution in [-0.2, 0) is 4.79 Å². The number of hydrogen-bond donors (Lipinski definition) is 0. The number of fused-ring (bicyclic) bond motifs is 5. The fraction of sp³-hybridized carbons (Fsp3) is 0.947. The second kappa shape index (κ2) is 4.88. The third-order valence-electron chi connectivity index (χ3n) is 8.45. The van der Waals surface area contributed by atoms with Crippen LogP contribution < -0.4 is 0 Å². The highest BCUT2D eigenvalue weighted by Crippen LogP contribution is 2.65. The molecule has 0 heterocycles. The third-order valence-corrected chi connectivity index (χ3v) is 8.45. The van der Waals surface area contributed by atoms with Crippen molar-refractivity contribution in [3.05, 3.63) is 4.91 Å². The number of ketones is 1. The minimum absolute atomic E-state index is 0.0308. The van der Waals surface area contributed by atoms with Gasteiger partial charge in [0.15, 0.2) is 0 Å². The molecule has 4 aliphatic carbocycles. The molecule has 0 radical (unpaired) electrons. The van der Waals surface area contributed by atoms with E-state index in [0.717, 1.165) is 32.1 Å². The average molecular weight is 303 g/mol. The fourth-order valence-electron chi connectivity index (χ4n) is 7.14. The zero-order chi connectivity index (χ0) is 15.5. The standard InChI is InChI=1S/C19H29NO2/c1-18-9-4-3-5-12(18)11-15(20-22)17-13-6-7-16(21)19(13,2)10-8-14(17)18/h12-15,17H,3-11H2,1-2H3/t12?,13-,14-,15?,17-,18-,19-/m0/s1. The number of rotatable bonds is 1. The van der Waals surface area contributed by atoms with Gasteiger partial charge in [0.25, 0.3) is 0 Å². The molecule has 122 valence electrons. The number of carbonyl (C=O) groups is 1. The summed E-state index contributed by atoms with van der Waals surface area (Å²) in [5, 5.41) is 3.61. The van der Waals surface area contributed by atoms with Crippen LogP contribution in [0.2, 0.25) is 0 Å². The molecule has 22 heavy (non-hydrogen) atoms. The Morgan fingerprint density at radius 2 is 1.86 bits per heavy atom. The topological polar surface area (TPSA) is 46.5 Å². The van der Waals surface area contributed by atoms with E-state index in [1.165, 1.54) is 25.7 Å². The highest BCUT2D eigenvalue weighted by atomic mass is 16.3. The minimum Gasteiger partial charge on any atom is -0.299 e. The van der Waals surface area contributed by atoms with Gasteiger partial charge in [0, 0.05) is 11.8 Å². The monoisotopic (exact) mass is 303 g/mol. The Kier molecular flexibility index (Phi) is 3.29. The first kappa shape index (κ1) is 14.8. The average Bonchev–Trinajstić information content (AvgIpc) is 2.82. The van der Waals surface area contributed by atoms with E-state index in [-0.39, 0.29) is 11.5 Å². The lowest BCUT2D eigenvalue weighted by atomic mass is 9.44. The van der Waals surface area contributed by atoms with Crippen LogP contribution in [0.5, 0.6) is 0 Å². The molecule has 0 aliphatic heterocycles. The lowest BCUT2D eigenvalue weighted by molar-refractivity contribution is -0.140. The molecule has 0 saturated heterocycles. The SMILES string of the molecule is C[C@]12CCCCC1CC(N=O)[C@@H]1[C@@H]2CC[C@]2(C)C(=O)CC[C@@H]12. The Bertz CT molecular complexity index is 504. The summed E-state index contributed by atoms with van der Waals surface area (Å²) in [5.74, 6) is 2.56. The van der Waals surface area contributed by atoms with E-state index in [0.29, 0.717) is 34.9 Å². The Balaban J connectivity index is 1.73. The van der Waals surface area contributed by atoms with Gasteiger partial charge in [0.05, 0.1) is 6.04 Å². The van der Waals surface area contributed by atoms with Crippen molar-refractivity contribution in [1.82, 2.24) is 0 Å². The molecule has 3 nitrogen and oxygen atoms in total. The number of nitroso groups, excluding NO2 is 1. The van der Waals surface area contributed by atoms with E-state index in [4.69, 9.17) is 0 Å². The van der Waals surface area contributed by atoms with Crippen molar-refractivity contribution >= 4 is 5.78 Å². The molecule has 0 spiro atoms. The van der Waals surface area contributed by atoms with E-state index in [9.17, 15) is 9.70 Å². The van der Waals surface area contributed by atoms with Gasteiger partial charge in [-0.3, -0.25) is 4.79 Å². The van der Waals surface area contributed by atoms with Crippen molar-refractivity contribution in [2.75, 3.05) is 0 Å². The molecule has 2 unspecified atom stereocenters. The van der Waals surface area contributed by atoms with E-state index >= 15 is 0 Å². The summed E-state index contributed by atoms with van der Waals surface area (Å²) in [4.78, 5) is 24.1. The molecule has 4 rings (SSSR count). The normalized spacial score (nSPS) is 54.3. The van der Waals surface area contributed by atoms with Gasteiger partial charge in [-0.25, -0.2) is 0 Å². The summed E-state index contributed by atoms with van der Waals surface area (Å²) in [6, 6.07) is -0.0308. The van der Waals surface area contributed by atoms with E-state index in [1.54, 1.807) is 0 Å². The van der Waals surface area contributed by atoms with E-state index in [2.05, 4.69) is 19.0 Å². The van der Waals surface area contributed by atoms with E-state index in [1.807, 2.05) is 0 Å².